The zero-order valence-electron chi connectivity index (χ0n) is 14.6. The molecule has 0 aliphatic carbocycles. The second-order valence-corrected chi connectivity index (χ2v) is 9.37. The molecule has 1 aliphatic rings. The lowest BCUT2D eigenvalue weighted by molar-refractivity contribution is 0.331. The van der Waals surface area contributed by atoms with E-state index in [2.05, 4.69) is 20.3 Å². The summed E-state index contributed by atoms with van der Waals surface area (Å²) in [5.74, 6) is -0.162. The second kappa shape index (κ2) is 7.10. The maximum atomic E-state index is 14.3. The molecule has 7 nitrogen and oxygen atoms in total. The fourth-order valence-electron chi connectivity index (χ4n) is 3.16. The average Bonchev–Trinajstić information content (AvgIpc) is 3.11. The van der Waals surface area contributed by atoms with Crippen LogP contribution in [0.5, 0.6) is 0 Å². The summed E-state index contributed by atoms with van der Waals surface area (Å²) in [5.41, 5.74) is 3.41. The van der Waals surface area contributed by atoms with Crippen molar-refractivity contribution in [1.82, 2.24) is 19.3 Å². The predicted molar refractivity (Wildman–Crippen MR) is 104 cm³/mol. The third-order valence-electron chi connectivity index (χ3n) is 4.60. The van der Waals surface area contributed by atoms with Gasteiger partial charge in [-0.3, -0.25) is 0 Å². The summed E-state index contributed by atoms with van der Waals surface area (Å²) in [6.07, 6.45) is 3.67. The monoisotopic (exact) mass is 407 g/mol. The third-order valence-corrected chi connectivity index (χ3v) is 6.72. The molecule has 1 N–H and O–H groups in total. The first-order valence-electron chi connectivity index (χ1n) is 8.48. The van der Waals surface area contributed by atoms with Gasteiger partial charge in [-0.05, 0) is 25.0 Å². The molecule has 0 bridgehead atoms. The first kappa shape index (κ1) is 18.2. The molecular weight excluding hydrogens is 389 g/mol. The van der Waals surface area contributed by atoms with Gasteiger partial charge in [0.05, 0.1) is 28.2 Å². The molecule has 0 atom stereocenters. The van der Waals surface area contributed by atoms with E-state index in [9.17, 15) is 12.8 Å². The number of nitrogens with zero attached hydrogens (tertiary/aromatic N) is 4. The van der Waals surface area contributed by atoms with Crippen LogP contribution >= 0.6 is 11.3 Å². The normalized spacial score (nSPS) is 16.7. The molecule has 1 aliphatic heterocycles. The number of hydrogen-bond donors (Lipinski definition) is 1. The minimum absolute atomic E-state index is 0.0438. The summed E-state index contributed by atoms with van der Waals surface area (Å²) in [7, 11) is -3.16. The average molecular weight is 407 g/mol. The lowest BCUT2D eigenvalue weighted by atomic mass is 10.1. The second-order valence-electron chi connectivity index (χ2n) is 6.51. The standard InChI is InChI=1S/C17H18FN5O2S2/c1-27(24,25)23-6-4-12(5-7-23)21-17-19-9-13(18)16(22-17)11-2-3-15-14(8-11)20-10-26-15/h2-3,8-10,12H,4-7H2,1H3,(H,19,21,22). The van der Waals surface area contributed by atoms with Crippen molar-refractivity contribution in [2.75, 3.05) is 24.7 Å². The van der Waals surface area contributed by atoms with E-state index in [1.807, 2.05) is 18.2 Å². The van der Waals surface area contributed by atoms with Crippen LogP contribution in [0.25, 0.3) is 21.5 Å². The summed E-state index contributed by atoms with van der Waals surface area (Å²) in [6.45, 7) is 0.899. The topological polar surface area (TPSA) is 88.1 Å². The van der Waals surface area contributed by atoms with E-state index in [1.54, 1.807) is 5.51 Å². The molecule has 4 rings (SSSR count). The lowest BCUT2D eigenvalue weighted by Gasteiger charge is -2.30. The van der Waals surface area contributed by atoms with Crippen molar-refractivity contribution in [3.63, 3.8) is 0 Å². The van der Waals surface area contributed by atoms with Crippen LogP contribution in [-0.4, -0.2) is 53.1 Å². The number of thiazole rings is 1. The minimum atomic E-state index is -3.16. The molecule has 0 unspecified atom stereocenters. The molecule has 0 spiro atoms. The highest BCUT2D eigenvalue weighted by Gasteiger charge is 2.25. The highest BCUT2D eigenvalue weighted by Crippen LogP contribution is 2.27. The Kier molecular flexibility index (Phi) is 4.79. The van der Waals surface area contributed by atoms with Gasteiger partial charge in [-0.2, -0.15) is 0 Å². The Hall–Kier alpha value is -2.17. The van der Waals surface area contributed by atoms with E-state index in [0.717, 1.165) is 16.4 Å². The van der Waals surface area contributed by atoms with Crippen molar-refractivity contribution in [3.8, 4) is 11.3 Å². The lowest BCUT2D eigenvalue weighted by Crippen LogP contribution is -2.42. The predicted octanol–water partition coefficient (Wildman–Crippen LogP) is 2.73. The minimum Gasteiger partial charge on any atom is -0.351 e. The summed E-state index contributed by atoms with van der Waals surface area (Å²) in [4.78, 5) is 12.6. The van der Waals surface area contributed by atoms with Gasteiger partial charge in [0.1, 0.15) is 5.69 Å². The number of sulfonamides is 1. The molecular formula is C17H18FN5O2S2. The molecule has 2 aromatic heterocycles. The van der Waals surface area contributed by atoms with Crippen molar-refractivity contribution < 1.29 is 12.8 Å². The Morgan fingerprint density at radius 3 is 2.78 bits per heavy atom. The van der Waals surface area contributed by atoms with Crippen LogP contribution in [0.15, 0.2) is 29.9 Å². The van der Waals surface area contributed by atoms with Gasteiger partial charge in [0.25, 0.3) is 0 Å². The molecule has 3 heterocycles. The first-order chi connectivity index (χ1) is 12.9. The maximum Gasteiger partial charge on any atom is 0.223 e. The molecule has 142 valence electrons. The summed E-state index contributed by atoms with van der Waals surface area (Å²) in [6, 6.07) is 5.58. The highest BCUT2D eigenvalue weighted by atomic mass is 32.2. The van der Waals surface area contributed by atoms with Gasteiger partial charge < -0.3 is 5.32 Å². The molecule has 27 heavy (non-hydrogen) atoms. The number of benzene rings is 1. The Labute approximate surface area is 160 Å². The highest BCUT2D eigenvalue weighted by molar-refractivity contribution is 7.88. The molecule has 10 heteroatoms. The number of rotatable bonds is 4. The molecule has 1 saturated heterocycles. The number of nitrogens with one attached hydrogen (secondary N) is 1. The Morgan fingerprint density at radius 1 is 1.26 bits per heavy atom. The van der Waals surface area contributed by atoms with Crippen LogP contribution in [0.2, 0.25) is 0 Å². The fraction of sp³-hybridized carbons (Fsp3) is 0.353. The van der Waals surface area contributed by atoms with Crippen molar-refractivity contribution in [2.24, 2.45) is 0 Å². The number of anilines is 1. The third kappa shape index (κ3) is 3.92. The largest absolute Gasteiger partial charge is 0.351 e. The van der Waals surface area contributed by atoms with E-state index in [-0.39, 0.29) is 11.7 Å². The van der Waals surface area contributed by atoms with E-state index in [4.69, 9.17) is 0 Å². The van der Waals surface area contributed by atoms with Crippen molar-refractivity contribution in [2.45, 2.75) is 18.9 Å². The molecule has 0 amide bonds. The van der Waals surface area contributed by atoms with Crippen LogP contribution in [0.1, 0.15) is 12.8 Å². The van der Waals surface area contributed by atoms with Gasteiger partial charge in [-0.25, -0.2) is 32.1 Å². The van der Waals surface area contributed by atoms with Gasteiger partial charge in [-0.15, -0.1) is 11.3 Å². The number of piperidine rings is 1. The van der Waals surface area contributed by atoms with E-state index >= 15 is 0 Å². The van der Waals surface area contributed by atoms with E-state index in [0.29, 0.717) is 37.4 Å². The molecule has 0 radical (unpaired) electrons. The van der Waals surface area contributed by atoms with E-state index < -0.39 is 15.8 Å². The van der Waals surface area contributed by atoms with Crippen LogP contribution in [-0.2, 0) is 10.0 Å². The van der Waals surface area contributed by atoms with Crippen molar-refractivity contribution in [3.05, 3.63) is 35.7 Å². The van der Waals surface area contributed by atoms with Crippen molar-refractivity contribution in [1.29, 1.82) is 0 Å². The van der Waals surface area contributed by atoms with E-state index in [1.165, 1.54) is 21.9 Å². The fourth-order valence-corrected chi connectivity index (χ4v) is 4.69. The number of hydrogen-bond acceptors (Lipinski definition) is 7. The van der Waals surface area contributed by atoms with Crippen LogP contribution in [0.3, 0.4) is 0 Å². The quantitative estimate of drug-likeness (QED) is 0.715. The smallest absolute Gasteiger partial charge is 0.223 e. The first-order valence-corrected chi connectivity index (χ1v) is 11.2. The Bertz CT molecular complexity index is 1080. The summed E-state index contributed by atoms with van der Waals surface area (Å²) >= 11 is 1.53. The summed E-state index contributed by atoms with van der Waals surface area (Å²) in [5, 5.41) is 3.20. The number of fused-ring (bicyclic) bond motifs is 1. The Balaban J connectivity index is 1.53. The van der Waals surface area contributed by atoms with Crippen molar-refractivity contribution >= 4 is 37.5 Å². The molecule has 0 saturated carbocycles. The van der Waals surface area contributed by atoms with Crippen LogP contribution < -0.4 is 5.32 Å². The van der Waals surface area contributed by atoms with Gasteiger partial charge in [-0.1, -0.05) is 6.07 Å². The van der Waals surface area contributed by atoms with Gasteiger partial charge in [0, 0.05) is 24.7 Å². The maximum absolute atomic E-state index is 14.3. The Morgan fingerprint density at radius 2 is 2.04 bits per heavy atom. The zero-order valence-corrected chi connectivity index (χ0v) is 16.2. The number of aromatic nitrogens is 3. The van der Waals surface area contributed by atoms with Crippen LogP contribution in [0.4, 0.5) is 10.3 Å². The molecule has 1 fully saturated rings. The molecule has 3 aromatic rings. The van der Waals surface area contributed by atoms with Gasteiger partial charge in [0.15, 0.2) is 5.82 Å². The van der Waals surface area contributed by atoms with Gasteiger partial charge >= 0.3 is 0 Å². The summed E-state index contributed by atoms with van der Waals surface area (Å²) < 4.78 is 40.0. The zero-order chi connectivity index (χ0) is 19.0. The van der Waals surface area contributed by atoms with Gasteiger partial charge in [0.2, 0.25) is 16.0 Å². The number of halogens is 1. The SMILES string of the molecule is CS(=O)(=O)N1CCC(Nc2ncc(F)c(-c3ccc4scnc4c3)n2)CC1. The molecule has 1 aromatic carbocycles. The van der Waals surface area contributed by atoms with Crippen LogP contribution in [0, 0.1) is 5.82 Å².